The van der Waals surface area contributed by atoms with Crippen LogP contribution in [0.5, 0.6) is 0 Å². The molecule has 0 spiro atoms. The number of nitrogens with zero attached hydrogens (tertiary/aromatic N) is 3. The Kier molecular flexibility index (Phi) is 4.74. The first-order valence-corrected chi connectivity index (χ1v) is 9.44. The van der Waals surface area contributed by atoms with E-state index in [-0.39, 0.29) is 5.75 Å². The third-order valence-corrected chi connectivity index (χ3v) is 6.55. The minimum atomic E-state index is -3.13. The summed E-state index contributed by atoms with van der Waals surface area (Å²) in [6, 6.07) is 1.84. The number of thioether (sulfide) groups is 1. The molecule has 0 amide bonds. The Bertz CT molecular complexity index is 577. The monoisotopic (exact) mass is 316 g/mol. The van der Waals surface area contributed by atoms with E-state index in [4.69, 9.17) is 0 Å². The highest BCUT2D eigenvalue weighted by atomic mass is 32.2. The van der Waals surface area contributed by atoms with E-state index in [1.807, 2.05) is 17.9 Å². The van der Waals surface area contributed by atoms with Crippen molar-refractivity contribution in [1.82, 2.24) is 9.97 Å². The Balaban J connectivity index is 2.40. The summed E-state index contributed by atoms with van der Waals surface area (Å²) in [7, 11) is -1.37. The van der Waals surface area contributed by atoms with Crippen molar-refractivity contribution in [3.05, 3.63) is 11.8 Å². The van der Waals surface area contributed by atoms with Crippen molar-refractivity contribution in [2.24, 2.45) is 0 Å². The lowest BCUT2D eigenvalue weighted by Crippen LogP contribution is -2.48. The third kappa shape index (κ3) is 3.17. The number of rotatable bonds is 4. The lowest BCUT2D eigenvalue weighted by molar-refractivity contribution is 0.578. The predicted octanol–water partition coefficient (Wildman–Crippen LogP) is 1.14. The zero-order valence-corrected chi connectivity index (χ0v) is 13.6. The molecule has 1 aromatic heterocycles. The molecule has 0 radical (unpaired) electrons. The number of aromatic nitrogens is 2. The summed E-state index contributed by atoms with van der Waals surface area (Å²) in [6.07, 6.45) is 0. The highest BCUT2D eigenvalue weighted by Crippen LogP contribution is 2.27. The highest BCUT2D eigenvalue weighted by Gasteiger charge is 2.33. The van der Waals surface area contributed by atoms with E-state index in [9.17, 15) is 8.42 Å². The fourth-order valence-corrected chi connectivity index (χ4v) is 5.12. The van der Waals surface area contributed by atoms with Crippen LogP contribution in [0.15, 0.2) is 6.07 Å². The maximum Gasteiger partial charge on any atom is 0.224 e. The molecule has 1 aliphatic rings. The van der Waals surface area contributed by atoms with Crippen molar-refractivity contribution in [3.8, 4) is 0 Å². The molecular formula is C12H20N4O2S2. The van der Waals surface area contributed by atoms with E-state index in [2.05, 4.69) is 15.3 Å². The molecule has 1 fully saturated rings. The molecule has 0 saturated carbocycles. The van der Waals surface area contributed by atoms with Gasteiger partial charge in [-0.15, -0.1) is 0 Å². The first kappa shape index (κ1) is 15.4. The molecule has 1 aliphatic heterocycles. The minimum absolute atomic E-state index is 0.150. The van der Waals surface area contributed by atoms with Gasteiger partial charge in [0.25, 0.3) is 0 Å². The molecule has 6 nitrogen and oxygen atoms in total. The number of hydrogen-bond donors (Lipinski definition) is 1. The van der Waals surface area contributed by atoms with Crippen LogP contribution in [0.4, 0.5) is 11.8 Å². The molecule has 1 atom stereocenters. The van der Waals surface area contributed by atoms with Crippen LogP contribution in [0.3, 0.4) is 0 Å². The number of aryl methyl sites for hydroxylation is 1. The number of nitrogens with one attached hydrogen (secondary N) is 1. The number of sulfone groups is 1. The number of hydrogen-bond acceptors (Lipinski definition) is 7. The van der Waals surface area contributed by atoms with Gasteiger partial charge in [-0.05, 0) is 6.92 Å². The van der Waals surface area contributed by atoms with Gasteiger partial charge in [-0.25, -0.2) is 13.4 Å². The first-order valence-electron chi connectivity index (χ1n) is 6.57. The zero-order valence-electron chi connectivity index (χ0n) is 12.0. The predicted molar refractivity (Wildman–Crippen MR) is 84.2 cm³/mol. The molecule has 0 bridgehead atoms. The Morgan fingerprint density at radius 2 is 2.25 bits per heavy atom. The van der Waals surface area contributed by atoms with Crippen LogP contribution >= 0.6 is 11.8 Å². The van der Waals surface area contributed by atoms with Gasteiger partial charge >= 0.3 is 0 Å². The van der Waals surface area contributed by atoms with Crippen LogP contribution in [0.1, 0.15) is 12.6 Å². The van der Waals surface area contributed by atoms with Crippen LogP contribution in [0.25, 0.3) is 0 Å². The first-order chi connectivity index (χ1) is 9.47. The fourth-order valence-electron chi connectivity index (χ4n) is 2.14. The van der Waals surface area contributed by atoms with E-state index < -0.39 is 15.2 Å². The molecule has 1 N–H and O–H groups in total. The summed E-state index contributed by atoms with van der Waals surface area (Å²) in [5.74, 6) is 2.86. The molecule has 0 aliphatic carbocycles. The SMILES string of the molecule is CCS(=O)(=O)C1CSCCN1c1cc(C)nc(NC)n1. The van der Waals surface area contributed by atoms with Gasteiger partial charge in [-0.3, -0.25) is 0 Å². The van der Waals surface area contributed by atoms with Crippen LogP contribution in [0.2, 0.25) is 0 Å². The largest absolute Gasteiger partial charge is 0.357 e. The average Bonchev–Trinajstić information content (AvgIpc) is 2.46. The average molecular weight is 316 g/mol. The Hall–Kier alpha value is -1.02. The molecule has 1 aromatic rings. The van der Waals surface area contributed by atoms with E-state index in [0.717, 1.165) is 11.4 Å². The van der Waals surface area contributed by atoms with Crippen LogP contribution in [-0.2, 0) is 9.84 Å². The smallest absolute Gasteiger partial charge is 0.224 e. The Morgan fingerprint density at radius 1 is 1.50 bits per heavy atom. The van der Waals surface area contributed by atoms with E-state index in [0.29, 0.717) is 24.1 Å². The van der Waals surface area contributed by atoms with Crippen molar-refractivity contribution in [3.63, 3.8) is 0 Å². The quantitative estimate of drug-likeness (QED) is 0.892. The van der Waals surface area contributed by atoms with E-state index in [1.54, 1.807) is 25.7 Å². The second-order valence-electron chi connectivity index (χ2n) is 4.62. The van der Waals surface area contributed by atoms with Crippen LogP contribution in [-0.4, -0.2) is 54.6 Å². The third-order valence-electron chi connectivity index (χ3n) is 3.26. The van der Waals surface area contributed by atoms with Crippen molar-refractivity contribution in [2.45, 2.75) is 19.2 Å². The molecular weight excluding hydrogens is 296 g/mol. The lowest BCUT2D eigenvalue weighted by Gasteiger charge is -2.35. The molecule has 2 rings (SSSR count). The van der Waals surface area contributed by atoms with E-state index in [1.165, 1.54) is 0 Å². The standard InChI is InChI=1S/C12H20N4O2S2/c1-4-20(17,18)11-8-19-6-5-16(11)10-7-9(2)14-12(13-3)15-10/h7,11H,4-6,8H2,1-3H3,(H,13,14,15). The summed E-state index contributed by atoms with van der Waals surface area (Å²) < 4.78 is 24.5. The van der Waals surface area contributed by atoms with Crippen molar-refractivity contribution in [2.75, 3.05) is 41.1 Å². The molecule has 2 heterocycles. The van der Waals surface area contributed by atoms with Gasteiger partial charge in [0.1, 0.15) is 11.2 Å². The van der Waals surface area contributed by atoms with Gasteiger partial charge in [0.2, 0.25) is 5.95 Å². The summed E-state index contributed by atoms with van der Waals surface area (Å²) in [4.78, 5) is 10.5. The van der Waals surface area contributed by atoms with Crippen LogP contribution in [0, 0.1) is 6.92 Å². The van der Waals surface area contributed by atoms with Crippen molar-refractivity contribution < 1.29 is 8.42 Å². The van der Waals surface area contributed by atoms with Crippen molar-refractivity contribution >= 4 is 33.4 Å². The second kappa shape index (κ2) is 6.17. The van der Waals surface area contributed by atoms with Crippen LogP contribution < -0.4 is 10.2 Å². The maximum atomic E-state index is 12.3. The van der Waals surface area contributed by atoms with Gasteiger partial charge in [0.05, 0.1) is 0 Å². The molecule has 112 valence electrons. The number of anilines is 2. The van der Waals surface area contributed by atoms with E-state index >= 15 is 0 Å². The molecule has 1 unspecified atom stereocenters. The Labute approximate surface area is 124 Å². The summed E-state index contributed by atoms with van der Waals surface area (Å²) in [5.41, 5.74) is 0.824. The molecule has 1 saturated heterocycles. The summed E-state index contributed by atoms with van der Waals surface area (Å²) in [6.45, 7) is 4.26. The molecule has 0 aromatic carbocycles. The topological polar surface area (TPSA) is 75.2 Å². The van der Waals surface area contributed by atoms with Gasteiger partial charge in [0, 0.05) is 42.6 Å². The Morgan fingerprint density at radius 3 is 2.90 bits per heavy atom. The minimum Gasteiger partial charge on any atom is -0.357 e. The van der Waals surface area contributed by atoms with Gasteiger partial charge in [-0.2, -0.15) is 16.7 Å². The summed E-state index contributed by atoms with van der Waals surface area (Å²) >= 11 is 1.68. The fraction of sp³-hybridized carbons (Fsp3) is 0.667. The lowest BCUT2D eigenvalue weighted by atomic mass is 10.4. The van der Waals surface area contributed by atoms with Gasteiger partial charge < -0.3 is 10.2 Å². The van der Waals surface area contributed by atoms with Crippen molar-refractivity contribution in [1.29, 1.82) is 0 Å². The normalized spacial score (nSPS) is 19.9. The highest BCUT2D eigenvalue weighted by molar-refractivity contribution is 8.01. The molecule has 20 heavy (non-hydrogen) atoms. The summed E-state index contributed by atoms with van der Waals surface area (Å²) in [5, 5.41) is 2.42. The van der Waals surface area contributed by atoms with Gasteiger partial charge in [-0.1, -0.05) is 6.92 Å². The maximum absolute atomic E-state index is 12.3. The molecule has 8 heteroatoms. The van der Waals surface area contributed by atoms with Gasteiger partial charge in [0.15, 0.2) is 9.84 Å². The zero-order chi connectivity index (χ0) is 14.8. The second-order valence-corrected chi connectivity index (χ2v) is 8.21.